The molecule has 1 aliphatic rings. The second-order valence-electron chi connectivity index (χ2n) is 3.21. The Hall–Kier alpha value is -1.09. The standard InChI is InChI=1S/C10H11FO2/c11-8-1-2-10-7(5-8)6-9(13-10)3-4-12/h1-2,5,9,12H,3-4,6H2. The van der Waals surface area contributed by atoms with Crippen molar-refractivity contribution in [2.24, 2.45) is 0 Å². The fourth-order valence-corrected chi connectivity index (χ4v) is 1.59. The molecule has 0 bridgehead atoms. The lowest BCUT2D eigenvalue weighted by molar-refractivity contribution is 0.175. The summed E-state index contributed by atoms with van der Waals surface area (Å²) in [5, 5.41) is 8.71. The summed E-state index contributed by atoms with van der Waals surface area (Å²) in [4.78, 5) is 0. The number of hydrogen-bond donors (Lipinski definition) is 1. The predicted octanol–water partition coefficient (Wildman–Crippen LogP) is 1.51. The van der Waals surface area contributed by atoms with Crippen LogP contribution in [0.5, 0.6) is 5.75 Å². The van der Waals surface area contributed by atoms with E-state index in [1.54, 1.807) is 6.07 Å². The quantitative estimate of drug-likeness (QED) is 0.751. The summed E-state index contributed by atoms with van der Waals surface area (Å²) in [7, 11) is 0. The van der Waals surface area contributed by atoms with Crippen molar-refractivity contribution in [2.75, 3.05) is 6.61 Å². The van der Waals surface area contributed by atoms with Gasteiger partial charge in [0.15, 0.2) is 0 Å². The van der Waals surface area contributed by atoms with E-state index in [2.05, 4.69) is 0 Å². The summed E-state index contributed by atoms with van der Waals surface area (Å²) in [6, 6.07) is 4.52. The molecule has 0 fully saturated rings. The molecule has 1 N–H and O–H groups in total. The largest absolute Gasteiger partial charge is 0.490 e. The van der Waals surface area contributed by atoms with Crippen LogP contribution >= 0.6 is 0 Å². The van der Waals surface area contributed by atoms with E-state index in [9.17, 15) is 4.39 Å². The van der Waals surface area contributed by atoms with Crippen molar-refractivity contribution in [3.8, 4) is 5.75 Å². The molecule has 0 amide bonds. The fraction of sp³-hybridized carbons (Fsp3) is 0.400. The topological polar surface area (TPSA) is 29.5 Å². The van der Waals surface area contributed by atoms with Gasteiger partial charge in [-0.15, -0.1) is 0 Å². The number of ether oxygens (including phenoxy) is 1. The van der Waals surface area contributed by atoms with Gasteiger partial charge in [0.05, 0.1) is 0 Å². The third-order valence-electron chi connectivity index (χ3n) is 2.21. The molecule has 1 unspecified atom stereocenters. The zero-order valence-corrected chi connectivity index (χ0v) is 7.16. The number of hydrogen-bond acceptors (Lipinski definition) is 2. The summed E-state index contributed by atoms with van der Waals surface area (Å²) in [5.74, 6) is 0.520. The Bertz CT molecular complexity index is 312. The first kappa shape index (κ1) is 8.51. The average molecular weight is 182 g/mol. The Morgan fingerprint density at radius 2 is 2.38 bits per heavy atom. The molecule has 2 nitrogen and oxygen atoms in total. The van der Waals surface area contributed by atoms with Crippen LogP contribution in [-0.2, 0) is 6.42 Å². The van der Waals surface area contributed by atoms with Crippen LogP contribution in [0.4, 0.5) is 4.39 Å². The summed E-state index contributed by atoms with van der Waals surface area (Å²) in [5.41, 5.74) is 0.901. The van der Waals surface area contributed by atoms with Crippen molar-refractivity contribution >= 4 is 0 Å². The average Bonchev–Trinajstić information content (AvgIpc) is 2.46. The molecule has 0 aromatic heterocycles. The lowest BCUT2D eigenvalue weighted by Gasteiger charge is -2.07. The van der Waals surface area contributed by atoms with Crippen LogP contribution in [-0.4, -0.2) is 17.8 Å². The van der Waals surface area contributed by atoms with E-state index in [1.807, 2.05) is 0 Å². The minimum atomic E-state index is -0.230. The maximum atomic E-state index is 12.8. The molecule has 0 spiro atoms. The van der Waals surface area contributed by atoms with Gasteiger partial charge in [-0.2, -0.15) is 0 Å². The van der Waals surface area contributed by atoms with Crippen LogP contribution in [0.1, 0.15) is 12.0 Å². The number of benzene rings is 1. The van der Waals surface area contributed by atoms with Crippen LogP contribution in [0.25, 0.3) is 0 Å². The minimum Gasteiger partial charge on any atom is -0.490 e. The van der Waals surface area contributed by atoms with Crippen molar-refractivity contribution in [3.05, 3.63) is 29.6 Å². The first-order valence-electron chi connectivity index (χ1n) is 4.35. The molecular weight excluding hydrogens is 171 g/mol. The van der Waals surface area contributed by atoms with E-state index in [0.29, 0.717) is 12.8 Å². The number of aliphatic hydroxyl groups excluding tert-OH is 1. The molecule has 1 aliphatic heterocycles. The second-order valence-corrected chi connectivity index (χ2v) is 3.21. The zero-order chi connectivity index (χ0) is 9.26. The second kappa shape index (κ2) is 3.34. The van der Waals surface area contributed by atoms with Gasteiger partial charge in [-0.05, 0) is 18.2 Å². The molecule has 1 atom stereocenters. The summed E-state index contributed by atoms with van der Waals surface area (Å²) in [6.45, 7) is 0.112. The van der Waals surface area contributed by atoms with Crippen LogP contribution < -0.4 is 4.74 Å². The van der Waals surface area contributed by atoms with Crippen LogP contribution in [0.2, 0.25) is 0 Å². The first-order chi connectivity index (χ1) is 6.29. The lowest BCUT2D eigenvalue weighted by atomic mass is 10.1. The highest BCUT2D eigenvalue weighted by Crippen LogP contribution is 2.30. The molecule has 0 radical (unpaired) electrons. The first-order valence-corrected chi connectivity index (χ1v) is 4.35. The molecule has 3 heteroatoms. The molecule has 0 saturated carbocycles. The summed E-state index contributed by atoms with van der Waals surface area (Å²) in [6.07, 6.45) is 1.33. The zero-order valence-electron chi connectivity index (χ0n) is 7.16. The van der Waals surface area contributed by atoms with E-state index in [1.165, 1.54) is 12.1 Å². The van der Waals surface area contributed by atoms with Crippen molar-refractivity contribution < 1.29 is 14.2 Å². The van der Waals surface area contributed by atoms with Crippen molar-refractivity contribution in [1.29, 1.82) is 0 Å². The Balaban J connectivity index is 2.16. The number of fused-ring (bicyclic) bond motifs is 1. The maximum Gasteiger partial charge on any atom is 0.123 e. The third kappa shape index (κ3) is 1.65. The highest BCUT2D eigenvalue weighted by molar-refractivity contribution is 5.37. The van der Waals surface area contributed by atoms with E-state index in [0.717, 1.165) is 11.3 Å². The summed E-state index contributed by atoms with van der Waals surface area (Å²) < 4.78 is 18.2. The number of halogens is 1. The molecule has 70 valence electrons. The maximum absolute atomic E-state index is 12.8. The smallest absolute Gasteiger partial charge is 0.123 e. The van der Waals surface area contributed by atoms with Crippen LogP contribution in [0, 0.1) is 5.82 Å². The van der Waals surface area contributed by atoms with Gasteiger partial charge in [0.25, 0.3) is 0 Å². The highest BCUT2D eigenvalue weighted by atomic mass is 19.1. The molecule has 0 saturated heterocycles. The Morgan fingerprint density at radius 1 is 1.54 bits per heavy atom. The lowest BCUT2D eigenvalue weighted by Crippen LogP contribution is -2.14. The normalized spacial score (nSPS) is 19.7. The fourth-order valence-electron chi connectivity index (χ4n) is 1.59. The van der Waals surface area contributed by atoms with Crippen molar-refractivity contribution in [1.82, 2.24) is 0 Å². The van der Waals surface area contributed by atoms with Gasteiger partial charge in [0, 0.05) is 25.0 Å². The molecule has 0 aliphatic carbocycles. The summed E-state index contributed by atoms with van der Waals surface area (Å²) >= 11 is 0. The minimum absolute atomic E-state index is 0.0156. The van der Waals surface area contributed by atoms with Gasteiger partial charge in [-0.1, -0.05) is 0 Å². The van der Waals surface area contributed by atoms with Gasteiger partial charge in [0.1, 0.15) is 17.7 Å². The van der Waals surface area contributed by atoms with Gasteiger partial charge < -0.3 is 9.84 Å². The number of rotatable bonds is 2. The Labute approximate surface area is 76.0 Å². The Kier molecular flexibility index (Phi) is 2.19. The third-order valence-corrected chi connectivity index (χ3v) is 2.21. The van der Waals surface area contributed by atoms with E-state index < -0.39 is 0 Å². The highest BCUT2D eigenvalue weighted by Gasteiger charge is 2.22. The molecule has 1 heterocycles. The van der Waals surface area contributed by atoms with E-state index in [-0.39, 0.29) is 18.5 Å². The number of aliphatic hydroxyl groups is 1. The van der Waals surface area contributed by atoms with Crippen LogP contribution in [0.3, 0.4) is 0 Å². The monoisotopic (exact) mass is 182 g/mol. The van der Waals surface area contributed by atoms with Gasteiger partial charge >= 0.3 is 0 Å². The van der Waals surface area contributed by atoms with Crippen molar-refractivity contribution in [3.63, 3.8) is 0 Å². The molecule has 1 aromatic rings. The van der Waals surface area contributed by atoms with E-state index >= 15 is 0 Å². The molecule has 1 aromatic carbocycles. The molecule has 13 heavy (non-hydrogen) atoms. The van der Waals surface area contributed by atoms with E-state index in [4.69, 9.17) is 9.84 Å². The SMILES string of the molecule is OCCC1Cc2cc(F)ccc2O1. The van der Waals surface area contributed by atoms with Gasteiger partial charge in [-0.3, -0.25) is 0 Å². The van der Waals surface area contributed by atoms with Crippen molar-refractivity contribution in [2.45, 2.75) is 18.9 Å². The predicted molar refractivity (Wildman–Crippen MR) is 46.2 cm³/mol. The van der Waals surface area contributed by atoms with Crippen LogP contribution in [0.15, 0.2) is 18.2 Å². The van der Waals surface area contributed by atoms with Gasteiger partial charge in [0.2, 0.25) is 0 Å². The Morgan fingerprint density at radius 3 is 3.15 bits per heavy atom. The molecular formula is C10H11FO2. The van der Waals surface area contributed by atoms with Gasteiger partial charge in [-0.25, -0.2) is 4.39 Å². The molecule has 2 rings (SSSR count).